The summed E-state index contributed by atoms with van der Waals surface area (Å²) in [6.07, 6.45) is 1.31. The Kier molecular flexibility index (Phi) is 3.64. The number of ether oxygens (including phenoxy) is 1. The van der Waals surface area contributed by atoms with Crippen LogP contribution in [0.1, 0.15) is 23.2 Å². The van der Waals surface area contributed by atoms with Crippen molar-refractivity contribution in [1.82, 2.24) is 4.98 Å². The van der Waals surface area contributed by atoms with E-state index in [-0.39, 0.29) is 12.7 Å². The molecule has 0 amide bonds. The Morgan fingerprint density at radius 3 is 2.88 bits per heavy atom. The third kappa shape index (κ3) is 2.42. The third-order valence-corrected chi connectivity index (χ3v) is 3.39. The van der Waals surface area contributed by atoms with Crippen molar-refractivity contribution in [3.05, 3.63) is 22.9 Å². The number of aryl methyl sites for hydroxylation is 2. The summed E-state index contributed by atoms with van der Waals surface area (Å²) in [6, 6.07) is 2.01. The first-order chi connectivity index (χ1) is 8.15. The highest BCUT2D eigenvalue weighted by Crippen LogP contribution is 2.26. The lowest BCUT2D eigenvalue weighted by Crippen LogP contribution is -2.25. The first-order valence-corrected chi connectivity index (χ1v) is 6.01. The van der Waals surface area contributed by atoms with Gasteiger partial charge in [0.05, 0.1) is 12.7 Å². The van der Waals surface area contributed by atoms with Crippen LogP contribution in [0.4, 0.5) is 5.82 Å². The van der Waals surface area contributed by atoms with Gasteiger partial charge in [0.25, 0.3) is 0 Å². The van der Waals surface area contributed by atoms with Crippen LogP contribution in [0.2, 0.25) is 0 Å². The molecule has 1 unspecified atom stereocenters. The number of rotatable bonds is 3. The smallest absolute Gasteiger partial charge is 0.134 e. The fourth-order valence-electron chi connectivity index (χ4n) is 2.41. The zero-order valence-electron chi connectivity index (χ0n) is 10.7. The Morgan fingerprint density at radius 1 is 1.53 bits per heavy atom. The van der Waals surface area contributed by atoms with Gasteiger partial charge in [-0.1, -0.05) is 0 Å². The summed E-state index contributed by atoms with van der Waals surface area (Å²) >= 11 is 0. The van der Waals surface area contributed by atoms with Gasteiger partial charge in [-0.2, -0.15) is 0 Å². The molecule has 2 rings (SSSR count). The van der Waals surface area contributed by atoms with E-state index in [1.54, 1.807) is 7.11 Å². The average Bonchev–Trinajstić information content (AvgIpc) is 2.76. The van der Waals surface area contributed by atoms with E-state index in [1.165, 1.54) is 0 Å². The number of aromatic nitrogens is 1. The molecule has 0 aromatic carbocycles. The number of methoxy groups -OCH3 is 1. The molecular formula is C13H20N2O2. The van der Waals surface area contributed by atoms with E-state index in [2.05, 4.69) is 9.88 Å². The maximum absolute atomic E-state index is 9.48. The van der Waals surface area contributed by atoms with Gasteiger partial charge in [-0.3, -0.25) is 0 Å². The summed E-state index contributed by atoms with van der Waals surface area (Å²) in [7, 11) is 1.75. The fourth-order valence-corrected chi connectivity index (χ4v) is 2.41. The van der Waals surface area contributed by atoms with Gasteiger partial charge in [-0.05, 0) is 31.9 Å². The zero-order chi connectivity index (χ0) is 12.4. The summed E-state index contributed by atoms with van der Waals surface area (Å²) in [5.74, 6) is 0.921. The van der Waals surface area contributed by atoms with E-state index in [0.29, 0.717) is 0 Å². The van der Waals surface area contributed by atoms with Crippen molar-refractivity contribution in [2.75, 3.05) is 25.1 Å². The van der Waals surface area contributed by atoms with E-state index in [1.807, 2.05) is 19.9 Å². The van der Waals surface area contributed by atoms with Crippen molar-refractivity contribution in [3.8, 4) is 0 Å². The molecule has 94 valence electrons. The quantitative estimate of drug-likeness (QED) is 0.862. The predicted octanol–water partition coefficient (Wildman–Crippen LogP) is 1.42. The number of aliphatic hydroxyl groups excluding tert-OH is 1. The molecule has 0 saturated carbocycles. The Bertz CT molecular complexity index is 407. The molecule has 0 radical (unpaired) electrons. The van der Waals surface area contributed by atoms with Crippen LogP contribution in [0, 0.1) is 13.8 Å². The minimum atomic E-state index is 0.0442. The molecule has 2 heterocycles. The molecular weight excluding hydrogens is 216 g/mol. The molecule has 1 N–H and O–H groups in total. The zero-order valence-corrected chi connectivity index (χ0v) is 10.7. The van der Waals surface area contributed by atoms with Gasteiger partial charge in [-0.15, -0.1) is 0 Å². The van der Waals surface area contributed by atoms with E-state index in [4.69, 9.17) is 4.74 Å². The molecule has 17 heavy (non-hydrogen) atoms. The number of pyridine rings is 1. The van der Waals surface area contributed by atoms with Gasteiger partial charge in [0, 0.05) is 31.5 Å². The van der Waals surface area contributed by atoms with Crippen LogP contribution in [0.3, 0.4) is 0 Å². The topological polar surface area (TPSA) is 45.6 Å². The predicted molar refractivity (Wildman–Crippen MR) is 67.3 cm³/mol. The second-order valence-electron chi connectivity index (χ2n) is 4.63. The van der Waals surface area contributed by atoms with E-state index >= 15 is 0 Å². The maximum atomic E-state index is 9.48. The number of aliphatic hydroxyl groups is 1. The molecule has 0 bridgehead atoms. The molecule has 4 nitrogen and oxygen atoms in total. The van der Waals surface area contributed by atoms with Crippen molar-refractivity contribution in [1.29, 1.82) is 0 Å². The van der Waals surface area contributed by atoms with Gasteiger partial charge >= 0.3 is 0 Å². The molecule has 4 heteroatoms. The SMILES string of the molecule is COC1CCN(c2nc(C)cc(C)c2CO)C1. The minimum absolute atomic E-state index is 0.0442. The molecule has 1 atom stereocenters. The van der Waals surface area contributed by atoms with Crippen molar-refractivity contribution in [2.45, 2.75) is 33.0 Å². The minimum Gasteiger partial charge on any atom is -0.392 e. The molecule has 1 aromatic rings. The van der Waals surface area contributed by atoms with Crippen LogP contribution in [0.5, 0.6) is 0 Å². The lowest BCUT2D eigenvalue weighted by molar-refractivity contribution is 0.121. The Hall–Kier alpha value is -1.13. The monoisotopic (exact) mass is 236 g/mol. The van der Waals surface area contributed by atoms with Crippen LogP contribution in [0.25, 0.3) is 0 Å². The lowest BCUT2D eigenvalue weighted by Gasteiger charge is -2.21. The number of hydrogen-bond donors (Lipinski definition) is 1. The highest BCUT2D eigenvalue weighted by molar-refractivity contribution is 5.52. The maximum Gasteiger partial charge on any atom is 0.134 e. The van der Waals surface area contributed by atoms with Crippen LogP contribution in [-0.4, -0.2) is 36.4 Å². The normalized spacial score (nSPS) is 20.0. The average molecular weight is 236 g/mol. The van der Waals surface area contributed by atoms with Gasteiger partial charge in [0.1, 0.15) is 5.82 Å². The summed E-state index contributed by atoms with van der Waals surface area (Å²) in [5.41, 5.74) is 3.04. The van der Waals surface area contributed by atoms with Crippen molar-refractivity contribution >= 4 is 5.82 Å². The van der Waals surface area contributed by atoms with E-state index in [0.717, 1.165) is 42.1 Å². The molecule has 1 aliphatic rings. The first-order valence-electron chi connectivity index (χ1n) is 6.01. The summed E-state index contributed by atoms with van der Waals surface area (Å²) in [4.78, 5) is 6.77. The highest BCUT2D eigenvalue weighted by atomic mass is 16.5. The van der Waals surface area contributed by atoms with Gasteiger partial charge < -0.3 is 14.7 Å². The molecule has 1 aliphatic heterocycles. The Balaban J connectivity index is 2.31. The number of nitrogens with zero attached hydrogens (tertiary/aromatic N) is 2. The molecule has 0 aliphatic carbocycles. The largest absolute Gasteiger partial charge is 0.392 e. The molecule has 0 spiro atoms. The summed E-state index contributed by atoms with van der Waals surface area (Å²) < 4.78 is 5.36. The molecule has 1 saturated heterocycles. The Morgan fingerprint density at radius 2 is 2.29 bits per heavy atom. The standard InChI is InChI=1S/C13H20N2O2/c1-9-6-10(2)14-13(12(9)8-16)15-5-4-11(7-15)17-3/h6,11,16H,4-5,7-8H2,1-3H3. The second-order valence-corrected chi connectivity index (χ2v) is 4.63. The Labute approximate surface area is 102 Å². The third-order valence-electron chi connectivity index (χ3n) is 3.39. The van der Waals surface area contributed by atoms with Gasteiger partial charge in [-0.25, -0.2) is 4.98 Å². The van der Waals surface area contributed by atoms with Gasteiger partial charge in [0.15, 0.2) is 0 Å². The number of hydrogen-bond acceptors (Lipinski definition) is 4. The van der Waals surface area contributed by atoms with E-state index < -0.39 is 0 Å². The summed E-state index contributed by atoms with van der Waals surface area (Å²) in [6.45, 7) is 5.86. The van der Waals surface area contributed by atoms with Crippen LogP contribution >= 0.6 is 0 Å². The lowest BCUT2D eigenvalue weighted by atomic mass is 10.1. The second kappa shape index (κ2) is 5.02. The first kappa shape index (κ1) is 12.3. The van der Waals surface area contributed by atoms with Crippen LogP contribution in [-0.2, 0) is 11.3 Å². The van der Waals surface area contributed by atoms with Crippen molar-refractivity contribution < 1.29 is 9.84 Å². The highest BCUT2D eigenvalue weighted by Gasteiger charge is 2.25. The van der Waals surface area contributed by atoms with Crippen LogP contribution < -0.4 is 4.90 Å². The summed E-state index contributed by atoms with van der Waals surface area (Å²) in [5, 5.41) is 9.48. The van der Waals surface area contributed by atoms with E-state index in [9.17, 15) is 5.11 Å². The molecule has 1 fully saturated rings. The molecule has 1 aromatic heterocycles. The van der Waals surface area contributed by atoms with Crippen LogP contribution in [0.15, 0.2) is 6.07 Å². The van der Waals surface area contributed by atoms with Gasteiger partial charge in [0.2, 0.25) is 0 Å². The van der Waals surface area contributed by atoms with Crippen molar-refractivity contribution in [3.63, 3.8) is 0 Å². The fraction of sp³-hybridized carbons (Fsp3) is 0.615. The number of anilines is 1. The van der Waals surface area contributed by atoms with Crippen molar-refractivity contribution in [2.24, 2.45) is 0 Å².